The Kier molecular flexibility index (Phi) is 4.26. The predicted octanol–water partition coefficient (Wildman–Crippen LogP) is 4.00. The number of carboxylic acids is 1. The Bertz CT molecular complexity index is 1030. The molecule has 0 amide bonds. The van der Waals surface area contributed by atoms with Gasteiger partial charge in [-0.3, -0.25) is 4.98 Å². The number of ether oxygens (including phenoxy) is 1. The monoisotopic (exact) mass is 362 g/mol. The van der Waals surface area contributed by atoms with E-state index in [1.54, 1.807) is 6.07 Å². The SMILES string of the molecule is N#Cc1oc2ccc(OCc3cccnc3C(F)(F)F)cc2c1C(=O)O. The molecule has 0 saturated heterocycles. The number of aromatic nitrogens is 1. The van der Waals surface area contributed by atoms with E-state index in [-0.39, 0.29) is 33.6 Å². The zero-order valence-corrected chi connectivity index (χ0v) is 12.9. The number of furan rings is 1. The van der Waals surface area contributed by atoms with Crippen molar-refractivity contribution in [3.05, 3.63) is 59.1 Å². The van der Waals surface area contributed by atoms with Crippen LogP contribution in [-0.4, -0.2) is 16.1 Å². The smallest absolute Gasteiger partial charge is 0.433 e. The van der Waals surface area contributed by atoms with Crippen LogP contribution < -0.4 is 4.74 Å². The summed E-state index contributed by atoms with van der Waals surface area (Å²) in [5.41, 5.74) is -1.39. The first-order valence-electron chi connectivity index (χ1n) is 7.15. The van der Waals surface area contributed by atoms with Gasteiger partial charge in [0.25, 0.3) is 0 Å². The summed E-state index contributed by atoms with van der Waals surface area (Å²) in [5.74, 6) is -1.59. The van der Waals surface area contributed by atoms with Gasteiger partial charge < -0.3 is 14.3 Å². The van der Waals surface area contributed by atoms with Gasteiger partial charge in [-0.25, -0.2) is 4.79 Å². The molecule has 9 heteroatoms. The molecule has 2 aromatic heterocycles. The number of alkyl halides is 3. The number of benzene rings is 1. The highest BCUT2D eigenvalue weighted by Crippen LogP contribution is 2.32. The van der Waals surface area contributed by atoms with E-state index < -0.39 is 24.4 Å². The van der Waals surface area contributed by atoms with E-state index in [0.29, 0.717) is 0 Å². The predicted molar refractivity (Wildman–Crippen MR) is 81.5 cm³/mol. The molecule has 0 bridgehead atoms. The lowest BCUT2D eigenvalue weighted by Crippen LogP contribution is -2.13. The van der Waals surface area contributed by atoms with Gasteiger partial charge in [0.1, 0.15) is 29.6 Å². The van der Waals surface area contributed by atoms with Crippen molar-refractivity contribution in [3.63, 3.8) is 0 Å². The number of pyridine rings is 1. The van der Waals surface area contributed by atoms with Gasteiger partial charge in [-0.05, 0) is 24.3 Å². The number of hydrogen-bond acceptors (Lipinski definition) is 5. The van der Waals surface area contributed by atoms with Gasteiger partial charge in [0.15, 0.2) is 5.69 Å². The van der Waals surface area contributed by atoms with Crippen LogP contribution in [0.5, 0.6) is 5.75 Å². The standard InChI is InChI=1S/C17H9F3N2O4/c18-17(19,20)15-9(2-1-5-22-15)8-25-10-3-4-12-11(6-10)14(16(23)24)13(7-21)26-12/h1-6H,8H2,(H,23,24). The summed E-state index contributed by atoms with van der Waals surface area (Å²) in [6.07, 6.45) is -3.58. The summed E-state index contributed by atoms with van der Waals surface area (Å²) < 4.78 is 49.3. The molecule has 1 aromatic carbocycles. The van der Waals surface area contributed by atoms with Crippen LogP contribution in [-0.2, 0) is 12.8 Å². The Labute approximate surface area is 144 Å². The van der Waals surface area contributed by atoms with Crippen molar-refractivity contribution in [2.24, 2.45) is 0 Å². The van der Waals surface area contributed by atoms with Gasteiger partial charge in [-0.15, -0.1) is 0 Å². The molecule has 6 nitrogen and oxygen atoms in total. The van der Waals surface area contributed by atoms with E-state index in [4.69, 9.17) is 14.4 Å². The number of carboxylic acid groups (broad SMARTS) is 1. The molecule has 132 valence electrons. The second-order valence-corrected chi connectivity index (χ2v) is 5.18. The first-order valence-corrected chi connectivity index (χ1v) is 7.15. The van der Waals surface area contributed by atoms with Crippen molar-refractivity contribution in [1.29, 1.82) is 5.26 Å². The molecule has 2 heterocycles. The minimum atomic E-state index is -4.62. The zero-order valence-electron chi connectivity index (χ0n) is 12.9. The van der Waals surface area contributed by atoms with Crippen molar-refractivity contribution >= 4 is 16.9 Å². The van der Waals surface area contributed by atoms with Gasteiger partial charge in [0.05, 0.1) is 0 Å². The first kappa shape index (κ1) is 17.3. The number of halogens is 3. The maximum absolute atomic E-state index is 12.9. The quantitative estimate of drug-likeness (QED) is 0.754. The molecule has 26 heavy (non-hydrogen) atoms. The maximum atomic E-state index is 12.9. The summed E-state index contributed by atoms with van der Waals surface area (Å²) in [4.78, 5) is 14.6. The number of aromatic carboxylic acids is 1. The van der Waals surface area contributed by atoms with Crippen molar-refractivity contribution in [2.75, 3.05) is 0 Å². The fraction of sp³-hybridized carbons (Fsp3) is 0.118. The van der Waals surface area contributed by atoms with Gasteiger partial charge in [-0.1, -0.05) is 6.07 Å². The molecule has 0 spiro atoms. The molecule has 0 aliphatic rings. The molecule has 3 rings (SSSR count). The number of nitrogens with zero attached hydrogens (tertiary/aromatic N) is 2. The van der Waals surface area contributed by atoms with Crippen LogP contribution in [0, 0.1) is 11.3 Å². The van der Waals surface area contributed by atoms with Crippen molar-refractivity contribution < 1.29 is 32.2 Å². The molecule has 0 radical (unpaired) electrons. The van der Waals surface area contributed by atoms with E-state index in [1.165, 1.54) is 30.3 Å². The Morgan fingerprint density at radius 1 is 1.35 bits per heavy atom. The molecular formula is C17H9F3N2O4. The summed E-state index contributed by atoms with van der Waals surface area (Å²) in [5, 5.41) is 18.3. The second kappa shape index (κ2) is 6.40. The fourth-order valence-electron chi connectivity index (χ4n) is 2.43. The van der Waals surface area contributed by atoms with Crippen LogP contribution >= 0.6 is 0 Å². The van der Waals surface area contributed by atoms with Gasteiger partial charge in [-0.2, -0.15) is 18.4 Å². The van der Waals surface area contributed by atoms with Crippen molar-refractivity contribution in [2.45, 2.75) is 12.8 Å². The first-order chi connectivity index (χ1) is 12.3. The minimum Gasteiger partial charge on any atom is -0.489 e. The largest absolute Gasteiger partial charge is 0.489 e. The highest BCUT2D eigenvalue weighted by Gasteiger charge is 2.35. The topological polar surface area (TPSA) is 96.4 Å². The number of hydrogen-bond donors (Lipinski definition) is 1. The van der Waals surface area contributed by atoms with Gasteiger partial charge >= 0.3 is 12.1 Å². The Morgan fingerprint density at radius 2 is 2.12 bits per heavy atom. The van der Waals surface area contributed by atoms with Crippen LogP contribution in [0.4, 0.5) is 13.2 Å². The third-order valence-corrected chi connectivity index (χ3v) is 3.53. The number of fused-ring (bicyclic) bond motifs is 1. The number of nitriles is 1. The molecule has 0 aliphatic carbocycles. The average molecular weight is 362 g/mol. The average Bonchev–Trinajstić information content (AvgIpc) is 2.97. The van der Waals surface area contributed by atoms with Gasteiger partial charge in [0.2, 0.25) is 5.76 Å². The van der Waals surface area contributed by atoms with Crippen LogP contribution in [0.1, 0.15) is 27.4 Å². The summed E-state index contributed by atoms with van der Waals surface area (Å²) in [6.45, 7) is -0.417. The lowest BCUT2D eigenvalue weighted by molar-refractivity contribution is -0.142. The lowest BCUT2D eigenvalue weighted by Gasteiger charge is -2.12. The van der Waals surface area contributed by atoms with Crippen molar-refractivity contribution in [1.82, 2.24) is 4.98 Å². The van der Waals surface area contributed by atoms with Crippen LogP contribution in [0.25, 0.3) is 11.0 Å². The van der Waals surface area contributed by atoms with E-state index in [1.807, 2.05) is 0 Å². The molecule has 0 atom stereocenters. The highest BCUT2D eigenvalue weighted by molar-refractivity contribution is 6.04. The third-order valence-electron chi connectivity index (χ3n) is 3.53. The van der Waals surface area contributed by atoms with Crippen LogP contribution in [0.3, 0.4) is 0 Å². The molecule has 1 N–H and O–H groups in total. The minimum absolute atomic E-state index is 0.119. The van der Waals surface area contributed by atoms with Crippen molar-refractivity contribution in [3.8, 4) is 11.8 Å². The molecule has 0 saturated carbocycles. The van der Waals surface area contributed by atoms with Crippen LogP contribution in [0.2, 0.25) is 0 Å². The molecule has 3 aromatic rings. The summed E-state index contributed by atoms with van der Waals surface area (Å²) >= 11 is 0. The zero-order chi connectivity index (χ0) is 18.9. The molecule has 0 aliphatic heterocycles. The van der Waals surface area contributed by atoms with E-state index in [9.17, 15) is 23.1 Å². The number of carbonyl (C=O) groups is 1. The summed E-state index contributed by atoms with van der Waals surface area (Å²) in [7, 11) is 0. The maximum Gasteiger partial charge on any atom is 0.433 e. The van der Waals surface area contributed by atoms with E-state index in [2.05, 4.69) is 4.98 Å². The molecular weight excluding hydrogens is 353 g/mol. The fourth-order valence-corrected chi connectivity index (χ4v) is 2.43. The normalized spacial score (nSPS) is 11.3. The number of rotatable bonds is 4. The molecule has 0 fully saturated rings. The Morgan fingerprint density at radius 3 is 2.77 bits per heavy atom. The highest BCUT2D eigenvalue weighted by atomic mass is 19.4. The Hall–Kier alpha value is -3.54. The van der Waals surface area contributed by atoms with E-state index in [0.717, 1.165) is 6.20 Å². The Balaban J connectivity index is 1.93. The van der Waals surface area contributed by atoms with Crippen LogP contribution in [0.15, 0.2) is 40.9 Å². The van der Waals surface area contributed by atoms with Gasteiger partial charge in [0, 0.05) is 17.1 Å². The van der Waals surface area contributed by atoms with E-state index >= 15 is 0 Å². The third kappa shape index (κ3) is 3.17. The summed E-state index contributed by atoms with van der Waals surface area (Å²) in [6, 6.07) is 8.33. The second-order valence-electron chi connectivity index (χ2n) is 5.18. The molecule has 0 unspecified atom stereocenters. The lowest BCUT2D eigenvalue weighted by atomic mass is 10.1.